The Morgan fingerprint density at radius 3 is 2.81 bits per heavy atom. The van der Waals surface area contributed by atoms with E-state index in [-0.39, 0.29) is 11.0 Å². The first-order valence-corrected chi connectivity index (χ1v) is 12.7. The number of hydrogen-bond acceptors (Lipinski definition) is 4. The molecule has 2 aliphatic rings. The fourth-order valence-electron chi connectivity index (χ4n) is 6.46. The van der Waals surface area contributed by atoms with Gasteiger partial charge in [-0.1, -0.05) is 12.1 Å². The zero-order valence-electron chi connectivity index (χ0n) is 20.6. The Labute approximate surface area is 213 Å². The van der Waals surface area contributed by atoms with Gasteiger partial charge in [-0.25, -0.2) is 0 Å². The van der Waals surface area contributed by atoms with Crippen LogP contribution in [0, 0.1) is 23.7 Å². The number of hydrogen-bond donors (Lipinski definition) is 2. The van der Waals surface area contributed by atoms with Gasteiger partial charge >= 0.3 is 6.18 Å². The number of aromatic amines is 1. The SMILES string of the molecule is Cc1c(C[C@H]2NCCC23CCN(c2ccnc4ccc(CC(F)(F)F)cc24)C3)ccc2[nH]c(C#N)cc12. The number of halogens is 3. The quantitative estimate of drug-likeness (QED) is 0.369. The number of pyridine rings is 1. The van der Waals surface area contributed by atoms with E-state index >= 15 is 0 Å². The third-order valence-electron chi connectivity index (χ3n) is 8.40. The van der Waals surface area contributed by atoms with Crippen LogP contribution in [-0.4, -0.2) is 41.8 Å². The molecule has 6 rings (SSSR count). The fourth-order valence-corrected chi connectivity index (χ4v) is 6.46. The van der Waals surface area contributed by atoms with Gasteiger partial charge in [-0.2, -0.15) is 18.4 Å². The maximum Gasteiger partial charge on any atom is 0.393 e. The summed E-state index contributed by atoms with van der Waals surface area (Å²) in [7, 11) is 0. The van der Waals surface area contributed by atoms with Gasteiger partial charge in [-0.05, 0) is 79.8 Å². The summed E-state index contributed by atoms with van der Waals surface area (Å²) in [5.41, 5.74) is 6.07. The summed E-state index contributed by atoms with van der Waals surface area (Å²) in [5, 5.41) is 14.9. The third kappa shape index (κ3) is 4.31. The standard InChI is InChI=1S/C29H28F3N5/c1-18-20(3-5-25-22(18)14-21(16-33)36-25)13-27-28(7-10-35-27)8-11-37(17-28)26-6-9-34-24-4-2-19(12-23(24)26)15-29(30,31)32/h2-6,9,12,14,27,35-36H,7-8,10-11,13,15,17H2,1H3/t27-,28?/m1/s1. The van der Waals surface area contributed by atoms with Crippen molar-refractivity contribution in [1.82, 2.24) is 15.3 Å². The van der Waals surface area contributed by atoms with Crippen molar-refractivity contribution in [3.8, 4) is 6.07 Å². The van der Waals surface area contributed by atoms with Crippen molar-refractivity contribution in [2.24, 2.45) is 5.41 Å². The van der Waals surface area contributed by atoms with Crippen LogP contribution < -0.4 is 10.2 Å². The maximum absolute atomic E-state index is 13.1. The van der Waals surface area contributed by atoms with Gasteiger partial charge in [0, 0.05) is 52.7 Å². The molecule has 190 valence electrons. The third-order valence-corrected chi connectivity index (χ3v) is 8.40. The van der Waals surface area contributed by atoms with Gasteiger partial charge in [-0.15, -0.1) is 0 Å². The molecule has 5 nitrogen and oxygen atoms in total. The fraction of sp³-hybridized carbons (Fsp3) is 0.379. The van der Waals surface area contributed by atoms with Crippen LogP contribution in [0.1, 0.15) is 35.2 Å². The number of alkyl halides is 3. The first kappa shape index (κ1) is 23.8. The summed E-state index contributed by atoms with van der Waals surface area (Å²) in [4.78, 5) is 9.91. The molecule has 0 amide bonds. The van der Waals surface area contributed by atoms with E-state index in [0.29, 0.717) is 11.7 Å². The average molecular weight is 504 g/mol. The van der Waals surface area contributed by atoms with Crippen molar-refractivity contribution in [3.05, 3.63) is 71.0 Å². The topological polar surface area (TPSA) is 67.7 Å². The highest BCUT2D eigenvalue weighted by atomic mass is 19.4. The number of H-pyrrole nitrogens is 1. The van der Waals surface area contributed by atoms with Crippen LogP contribution in [0.25, 0.3) is 21.8 Å². The molecule has 37 heavy (non-hydrogen) atoms. The summed E-state index contributed by atoms with van der Waals surface area (Å²) in [6, 6.07) is 15.5. The second-order valence-electron chi connectivity index (χ2n) is 10.6. The monoisotopic (exact) mass is 503 g/mol. The molecule has 4 aromatic rings. The van der Waals surface area contributed by atoms with Gasteiger partial charge in [0.1, 0.15) is 11.8 Å². The highest BCUT2D eigenvalue weighted by molar-refractivity contribution is 5.92. The number of nitrogens with zero attached hydrogens (tertiary/aromatic N) is 3. The highest BCUT2D eigenvalue weighted by Gasteiger charge is 2.47. The summed E-state index contributed by atoms with van der Waals surface area (Å²) in [6.07, 6.45) is -0.430. The van der Waals surface area contributed by atoms with Gasteiger partial charge < -0.3 is 15.2 Å². The van der Waals surface area contributed by atoms with Crippen LogP contribution in [0.3, 0.4) is 0 Å². The zero-order chi connectivity index (χ0) is 25.8. The second-order valence-corrected chi connectivity index (χ2v) is 10.6. The molecule has 0 aliphatic carbocycles. The molecule has 1 unspecified atom stereocenters. The summed E-state index contributed by atoms with van der Waals surface area (Å²) >= 11 is 0. The number of benzene rings is 2. The van der Waals surface area contributed by atoms with Crippen molar-refractivity contribution < 1.29 is 13.2 Å². The van der Waals surface area contributed by atoms with Crippen molar-refractivity contribution in [3.63, 3.8) is 0 Å². The van der Waals surface area contributed by atoms with E-state index < -0.39 is 12.6 Å². The van der Waals surface area contributed by atoms with E-state index in [1.54, 1.807) is 18.3 Å². The van der Waals surface area contributed by atoms with Crippen LogP contribution in [-0.2, 0) is 12.8 Å². The van der Waals surface area contributed by atoms with Gasteiger partial charge in [-0.3, -0.25) is 4.98 Å². The van der Waals surface area contributed by atoms with E-state index in [0.717, 1.165) is 66.4 Å². The normalized spacial score (nSPS) is 21.9. The smallest absolute Gasteiger partial charge is 0.370 e. The minimum atomic E-state index is -4.24. The maximum atomic E-state index is 13.1. The lowest BCUT2D eigenvalue weighted by atomic mass is 9.76. The highest BCUT2D eigenvalue weighted by Crippen LogP contribution is 2.45. The van der Waals surface area contributed by atoms with E-state index in [1.807, 2.05) is 12.1 Å². The largest absolute Gasteiger partial charge is 0.393 e. The molecule has 0 radical (unpaired) electrons. The minimum absolute atomic E-state index is 0.0938. The number of anilines is 1. The molecule has 2 N–H and O–H groups in total. The Morgan fingerprint density at radius 1 is 1.14 bits per heavy atom. The van der Waals surface area contributed by atoms with Crippen molar-refractivity contribution >= 4 is 27.5 Å². The molecule has 2 atom stereocenters. The average Bonchev–Trinajstić information content (AvgIpc) is 3.59. The van der Waals surface area contributed by atoms with Crippen LogP contribution >= 0.6 is 0 Å². The number of nitriles is 1. The number of aromatic nitrogens is 2. The Hall–Kier alpha value is -3.57. The van der Waals surface area contributed by atoms with Gasteiger partial charge in [0.05, 0.1) is 11.9 Å². The van der Waals surface area contributed by atoms with Crippen molar-refractivity contribution in [1.29, 1.82) is 5.26 Å². The van der Waals surface area contributed by atoms with Crippen LogP contribution in [0.5, 0.6) is 0 Å². The Kier molecular flexibility index (Phi) is 5.64. The van der Waals surface area contributed by atoms with E-state index in [9.17, 15) is 18.4 Å². The summed E-state index contributed by atoms with van der Waals surface area (Å²) in [6.45, 7) is 4.80. The summed E-state index contributed by atoms with van der Waals surface area (Å²) < 4.78 is 39.2. The number of fused-ring (bicyclic) bond motifs is 2. The molecule has 4 heterocycles. The lowest BCUT2D eigenvalue weighted by Crippen LogP contribution is -2.40. The molecule has 2 aromatic heterocycles. The molecule has 2 aliphatic heterocycles. The first-order valence-electron chi connectivity index (χ1n) is 12.7. The van der Waals surface area contributed by atoms with E-state index in [1.165, 1.54) is 17.2 Å². The van der Waals surface area contributed by atoms with Gasteiger partial charge in [0.15, 0.2) is 0 Å². The predicted octanol–water partition coefficient (Wildman–Crippen LogP) is 5.80. The lowest BCUT2D eigenvalue weighted by molar-refractivity contribution is -0.127. The molecule has 8 heteroatoms. The van der Waals surface area contributed by atoms with Crippen molar-refractivity contribution in [2.45, 2.75) is 44.8 Å². The second kappa shape index (κ2) is 8.77. The molecular weight excluding hydrogens is 475 g/mol. The number of rotatable bonds is 4. The molecule has 0 bridgehead atoms. The van der Waals surface area contributed by atoms with Gasteiger partial charge in [0.2, 0.25) is 0 Å². The molecular formula is C29H28F3N5. The Bertz CT molecular complexity index is 1530. The van der Waals surface area contributed by atoms with Crippen molar-refractivity contribution in [2.75, 3.05) is 24.5 Å². The predicted molar refractivity (Wildman–Crippen MR) is 139 cm³/mol. The Morgan fingerprint density at radius 2 is 2.00 bits per heavy atom. The molecule has 2 saturated heterocycles. The van der Waals surface area contributed by atoms with E-state index in [2.05, 4.69) is 45.3 Å². The number of aryl methyl sites for hydroxylation is 1. The Balaban J connectivity index is 1.27. The van der Waals surface area contributed by atoms with Crippen LogP contribution in [0.2, 0.25) is 0 Å². The van der Waals surface area contributed by atoms with E-state index in [4.69, 9.17) is 0 Å². The van der Waals surface area contributed by atoms with Gasteiger partial charge in [0.25, 0.3) is 0 Å². The molecule has 2 aromatic carbocycles. The molecule has 1 spiro atoms. The minimum Gasteiger partial charge on any atom is -0.370 e. The molecule has 2 fully saturated rings. The number of nitrogens with one attached hydrogen (secondary N) is 2. The zero-order valence-corrected chi connectivity index (χ0v) is 20.6. The van der Waals surface area contributed by atoms with Crippen LogP contribution in [0.15, 0.2) is 48.7 Å². The van der Waals surface area contributed by atoms with Crippen LogP contribution in [0.4, 0.5) is 18.9 Å². The first-order chi connectivity index (χ1) is 17.7. The lowest BCUT2D eigenvalue weighted by Gasteiger charge is -2.32. The molecule has 0 saturated carbocycles. The summed E-state index contributed by atoms with van der Waals surface area (Å²) in [5.74, 6) is 0.